The first-order valence-corrected chi connectivity index (χ1v) is 9.03. The van der Waals surface area contributed by atoms with Crippen LogP contribution in [0.4, 0.5) is 0 Å². The number of nitrogens with zero attached hydrogens (tertiary/aromatic N) is 1. The third-order valence-electron chi connectivity index (χ3n) is 4.71. The number of quaternary nitrogens is 1. The molecule has 1 aliphatic heterocycles. The standard InChI is InChI=1S/C19H36N/c1-3-5-6-7-8-9-10-11-12-14-17-20(4-2)18-15-13-16-19-20/h13,15-16,18H,3-12,14,17,19H2,1-2H3/q+1. The van der Waals surface area contributed by atoms with Gasteiger partial charge in [0.2, 0.25) is 0 Å². The molecule has 0 aromatic carbocycles. The Bertz CT molecular complexity index is 279. The van der Waals surface area contributed by atoms with E-state index in [1.54, 1.807) is 0 Å². The third kappa shape index (κ3) is 7.28. The van der Waals surface area contributed by atoms with Crippen LogP contribution in [0.15, 0.2) is 24.4 Å². The SMILES string of the molecule is CCCCCCCCCCCC[N+]1(CC)C=CC=CC1. The Hall–Kier alpha value is -0.560. The quantitative estimate of drug-likeness (QED) is 0.311. The summed E-state index contributed by atoms with van der Waals surface area (Å²) < 4.78 is 1.17. The molecule has 0 aromatic rings. The van der Waals surface area contributed by atoms with Gasteiger partial charge in [-0.2, -0.15) is 0 Å². The summed E-state index contributed by atoms with van der Waals surface area (Å²) in [5.41, 5.74) is 0. The first-order chi connectivity index (χ1) is 9.83. The fraction of sp³-hybridized carbons (Fsp3) is 0.789. The summed E-state index contributed by atoms with van der Waals surface area (Å²) in [4.78, 5) is 0. The van der Waals surface area contributed by atoms with Gasteiger partial charge in [0.25, 0.3) is 0 Å². The molecular formula is C19H36N+. The second-order valence-electron chi connectivity index (χ2n) is 6.39. The number of hydrogen-bond donors (Lipinski definition) is 0. The van der Waals surface area contributed by atoms with Gasteiger partial charge >= 0.3 is 0 Å². The fourth-order valence-electron chi connectivity index (χ4n) is 3.12. The van der Waals surface area contributed by atoms with Crippen LogP contribution in [-0.4, -0.2) is 24.1 Å². The second kappa shape index (κ2) is 11.1. The predicted octanol–water partition coefficient (Wildman–Crippen LogP) is 5.83. The van der Waals surface area contributed by atoms with E-state index in [0.29, 0.717) is 0 Å². The van der Waals surface area contributed by atoms with Crippen LogP contribution in [-0.2, 0) is 0 Å². The van der Waals surface area contributed by atoms with Gasteiger partial charge in [0.15, 0.2) is 0 Å². The summed E-state index contributed by atoms with van der Waals surface area (Å²) in [5, 5.41) is 0. The van der Waals surface area contributed by atoms with Crippen molar-refractivity contribution in [2.45, 2.75) is 78.1 Å². The van der Waals surface area contributed by atoms with E-state index in [-0.39, 0.29) is 0 Å². The van der Waals surface area contributed by atoms with Gasteiger partial charge in [-0.25, -0.2) is 0 Å². The molecule has 0 aliphatic carbocycles. The molecule has 1 heteroatoms. The van der Waals surface area contributed by atoms with E-state index in [1.165, 1.54) is 88.3 Å². The number of allylic oxidation sites excluding steroid dienone is 2. The normalized spacial score (nSPS) is 21.5. The van der Waals surface area contributed by atoms with Gasteiger partial charge < -0.3 is 0 Å². The number of rotatable bonds is 12. The van der Waals surface area contributed by atoms with Gasteiger partial charge in [-0.1, -0.05) is 64.4 Å². The molecular weight excluding hydrogens is 242 g/mol. The summed E-state index contributed by atoms with van der Waals surface area (Å²) in [6.07, 6.45) is 23.5. The summed E-state index contributed by atoms with van der Waals surface area (Å²) in [6, 6.07) is 0. The molecule has 0 saturated carbocycles. The number of likely N-dealkylation sites (N-methyl/N-ethyl adjacent to an activating group) is 1. The van der Waals surface area contributed by atoms with Crippen LogP contribution in [0.5, 0.6) is 0 Å². The Kier molecular flexibility index (Phi) is 9.74. The van der Waals surface area contributed by atoms with E-state index in [1.807, 2.05) is 0 Å². The average Bonchev–Trinajstić information content (AvgIpc) is 2.50. The maximum atomic E-state index is 2.40. The molecule has 20 heavy (non-hydrogen) atoms. The van der Waals surface area contributed by atoms with Crippen molar-refractivity contribution in [1.29, 1.82) is 0 Å². The Labute approximate surface area is 127 Å². The highest BCUT2D eigenvalue weighted by Gasteiger charge is 2.21. The van der Waals surface area contributed by atoms with Crippen molar-refractivity contribution in [3.63, 3.8) is 0 Å². The zero-order valence-corrected chi connectivity index (χ0v) is 13.9. The molecule has 1 rings (SSSR count). The molecule has 1 heterocycles. The van der Waals surface area contributed by atoms with Gasteiger partial charge in [0, 0.05) is 0 Å². The van der Waals surface area contributed by atoms with E-state index in [4.69, 9.17) is 0 Å². The van der Waals surface area contributed by atoms with E-state index < -0.39 is 0 Å². The lowest BCUT2D eigenvalue weighted by Crippen LogP contribution is -2.44. The summed E-state index contributed by atoms with van der Waals surface area (Å²) in [5.74, 6) is 0. The Morgan fingerprint density at radius 2 is 1.35 bits per heavy atom. The summed E-state index contributed by atoms with van der Waals surface area (Å²) in [6.45, 7) is 8.37. The van der Waals surface area contributed by atoms with Gasteiger partial charge in [0.05, 0.1) is 19.3 Å². The highest BCUT2D eigenvalue weighted by molar-refractivity contribution is 5.03. The van der Waals surface area contributed by atoms with Crippen LogP contribution in [0.1, 0.15) is 78.1 Å². The monoisotopic (exact) mass is 278 g/mol. The molecule has 1 atom stereocenters. The molecule has 0 spiro atoms. The van der Waals surface area contributed by atoms with Crippen molar-refractivity contribution >= 4 is 0 Å². The fourth-order valence-corrected chi connectivity index (χ4v) is 3.12. The molecule has 1 aliphatic rings. The average molecular weight is 279 g/mol. The van der Waals surface area contributed by atoms with Crippen LogP contribution < -0.4 is 0 Å². The van der Waals surface area contributed by atoms with Crippen molar-refractivity contribution in [2.24, 2.45) is 0 Å². The van der Waals surface area contributed by atoms with Gasteiger partial charge in [-0.15, -0.1) is 0 Å². The van der Waals surface area contributed by atoms with Crippen molar-refractivity contribution in [3.05, 3.63) is 24.4 Å². The Balaban J connectivity index is 1.94. The van der Waals surface area contributed by atoms with Crippen LogP contribution in [0.25, 0.3) is 0 Å². The maximum absolute atomic E-state index is 2.40. The summed E-state index contributed by atoms with van der Waals surface area (Å²) in [7, 11) is 0. The van der Waals surface area contributed by atoms with Crippen molar-refractivity contribution < 1.29 is 4.48 Å². The lowest BCUT2D eigenvalue weighted by molar-refractivity contribution is -0.872. The predicted molar refractivity (Wildman–Crippen MR) is 90.7 cm³/mol. The first kappa shape index (κ1) is 17.5. The molecule has 0 fully saturated rings. The topological polar surface area (TPSA) is 0 Å². The van der Waals surface area contributed by atoms with E-state index in [0.717, 1.165) is 0 Å². The molecule has 0 amide bonds. The molecule has 0 saturated heterocycles. The van der Waals surface area contributed by atoms with Gasteiger partial charge in [-0.05, 0) is 31.9 Å². The lowest BCUT2D eigenvalue weighted by Gasteiger charge is -2.34. The minimum absolute atomic E-state index is 1.17. The van der Waals surface area contributed by atoms with Gasteiger partial charge in [-0.3, -0.25) is 4.48 Å². The van der Waals surface area contributed by atoms with Crippen LogP contribution in [0, 0.1) is 0 Å². The molecule has 1 unspecified atom stereocenters. The zero-order valence-electron chi connectivity index (χ0n) is 13.9. The lowest BCUT2D eigenvalue weighted by atomic mass is 10.1. The minimum Gasteiger partial charge on any atom is -0.294 e. The van der Waals surface area contributed by atoms with Gasteiger partial charge in [0.1, 0.15) is 6.54 Å². The van der Waals surface area contributed by atoms with E-state index >= 15 is 0 Å². The zero-order chi connectivity index (χ0) is 14.5. The highest BCUT2D eigenvalue weighted by Crippen LogP contribution is 2.16. The summed E-state index contributed by atoms with van der Waals surface area (Å²) >= 11 is 0. The third-order valence-corrected chi connectivity index (χ3v) is 4.71. The molecule has 0 radical (unpaired) electrons. The second-order valence-corrected chi connectivity index (χ2v) is 6.39. The molecule has 116 valence electrons. The van der Waals surface area contributed by atoms with Crippen LogP contribution in [0.2, 0.25) is 0 Å². The van der Waals surface area contributed by atoms with E-state index in [9.17, 15) is 0 Å². The van der Waals surface area contributed by atoms with Crippen molar-refractivity contribution in [2.75, 3.05) is 19.6 Å². The maximum Gasteiger partial charge on any atom is 0.102 e. The largest absolute Gasteiger partial charge is 0.294 e. The minimum atomic E-state index is 1.17. The van der Waals surface area contributed by atoms with Crippen molar-refractivity contribution in [1.82, 2.24) is 0 Å². The van der Waals surface area contributed by atoms with Crippen molar-refractivity contribution in [3.8, 4) is 0 Å². The molecule has 0 N–H and O–H groups in total. The Morgan fingerprint density at radius 3 is 1.85 bits per heavy atom. The van der Waals surface area contributed by atoms with Crippen LogP contribution >= 0.6 is 0 Å². The molecule has 0 bridgehead atoms. The van der Waals surface area contributed by atoms with Crippen LogP contribution in [0.3, 0.4) is 0 Å². The van der Waals surface area contributed by atoms with E-state index in [2.05, 4.69) is 38.3 Å². The Morgan fingerprint density at radius 1 is 0.750 bits per heavy atom. The highest BCUT2D eigenvalue weighted by atomic mass is 15.3. The number of hydrogen-bond acceptors (Lipinski definition) is 0. The smallest absolute Gasteiger partial charge is 0.102 e. The first-order valence-electron chi connectivity index (χ1n) is 9.03. The number of unbranched alkanes of at least 4 members (excludes halogenated alkanes) is 9. The molecule has 0 aromatic heterocycles. The molecule has 1 nitrogen and oxygen atoms in total.